The summed E-state index contributed by atoms with van der Waals surface area (Å²) in [5, 5.41) is 8.92. The molecule has 132 valence electrons. The maximum Gasteiger partial charge on any atom is 0.306 e. The molecule has 0 atom stereocenters. The van der Waals surface area contributed by atoms with Crippen molar-refractivity contribution >= 4 is 21.9 Å². The average Bonchev–Trinajstić information content (AvgIpc) is 2.55. The first-order valence-electron chi connectivity index (χ1n) is 7.55. The lowest BCUT2D eigenvalue weighted by molar-refractivity contribution is -0.145. The lowest BCUT2D eigenvalue weighted by atomic mass is 9.97. The second-order valence-electron chi connectivity index (χ2n) is 5.59. The standard InChI is InChI=1S/C15H19FN2O5S/c16-12-1-3-13(4-2-12)24(22,23)17-8-5-14(19)18-9-6-11(7-10-18)15(20)21/h1-4,11,17H,5-10H2,(H,20,21). The number of piperidine rings is 1. The highest BCUT2D eigenvalue weighted by atomic mass is 32.2. The molecule has 0 unspecified atom stereocenters. The second kappa shape index (κ2) is 7.71. The number of sulfonamides is 1. The number of halogens is 1. The van der Waals surface area contributed by atoms with Gasteiger partial charge >= 0.3 is 5.97 Å². The number of nitrogens with zero attached hydrogens (tertiary/aromatic N) is 1. The van der Waals surface area contributed by atoms with E-state index in [1.807, 2.05) is 0 Å². The molecule has 7 nitrogen and oxygen atoms in total. The summed E-state index contributed by atoms with van der Waals surface area (Å²) < 4.78 is 39.1. The molecule has 1 saturated heterocycles. The summed E-state index contributed by atoms with van der Waals surface area (Å²) in [5.41, 5.74) is 0. The van der Waals surface area contributed by atoms with Crippen molar-refractivity contribution in [2.45, 2.75) is 24.2 Å². The predicted molar refractivity (Wildman–Crippen MR) is 83.1 cm³/mol. The van der Waals surface area contributed by atoms with Crippen LogP contribution in [0.25, 0.3) is 0 Å². The van der Waals surface area contributed by atoms with Gasteiger partial charge in [0.05, 0.1) is 10.8 Å². The van der Waals surface area contributed by atoms with E-state index in [0.29, 0.717) is 25.9 Å². The third-order valence-corrected chi connectivity index (χ3v) is 5.43. The Labute approximate surface area is 139 Å². The molecule has 1 aliphatic heterocycles. The number of carbonyl (C=O) groups excluding carboxylic acids is 1. The molecule has 1 amide bonds. The van der Waals surface area contributed by atoms with Crippen molar-refractivity contribution in [2.75, 3.05) is 19.6 Å². The first-order valence-corrected chi connectivity index (χ1v) is 9.04. The lowest BCUT2D eigenvalue weighted by Crippen LogP contribution is -2.41. The fraction of sp³-hybridized carbons (Fsp3) is 0.467. The van der Waals surface area contributed by atoms with E-state index in [4.69, 9.17) is 5.11 Å². The number of hydrogen-bond acceptors (Lipinski definition) is 4. The summed E-state index contributed by atoms with van der Waals surface area (Å²) in [4.78, 5) is 24.4. The Morgan fingerprint density at radius 3 is 2.33 bits per heavy atom. The summed E-state index contributed by atoms with van der Waals surface area (Å²) >= 11 is 0. The summed E-state index contributed by atoms with van der Waals surface area (Å²) in [6.45, 7) is 0.651. The van der Waals surface area contributed by atoms with Gasteiger partial charge in [0.15, 0.2) is 0 Å². The zero-order valence-electron chi connectivity index (χ0n) is 12.9. The van der Waals surface area contributed by atoms with Crippen LogP contribution in [0.2, 0.25) is 0 Å². The van der Waals surface area contributed by atoms with Crippen molar-refractivity contribution < 1.29 is 27.5 Å². The summed E-state index contributed by atoms with van der Waals surface area (Å²) in [5.74, 6) is -2.03. The Morgan fingerprint density at radius 2 is 1.79 bits per heavy atom. The van der Waals surface area contributed by atoms with Gasteiger partial charge in [-0.15, -0.1) is 0 Å². The molecule has 0 saturated carbocycles. The molecule has 1 heterocycles. The summed E-state index contributed by atoms with van der Waals surface area (Å²) in [7, 11) is -3.79. The van der Waals surface area contributed by atoms with Crippen LogP contribution in [0.5, 0.6) is 0 Å². The first kappa shape index (κ1) is 18.3. The molecular formula is C15H19FN2O5S. The molecule has 1 fully saturated rings. The van der Waals surface area contributed by atoms with Gasteiger partial charge in [-0.2, -0.15) is 0 Å². The molecule has 2 rings (SSSR count). The number of benzene rings is 1. The molecule has 0 aliphatic carbocycles. The quantitative estimate of drug-likeness (QED) is 0.783. The molecule has 9 heteroatoms. The van der Waals surface area contributed by atoms with Gasteiger partial charge in [-0.3, -0.25) is 9.59 Å². The second-order valence-corrected chi connectivity index (χ2v) is 7.36. The van der Waals surface area contributed by atoms with Crippen molar-refractivity contribution in [2.24, 2.45) is 5.92 Å². The predicted octanol–water partition coefficient (Wildman–Crippen LogP) is 0.817. The van der Waals surface area contributed by atoms with E-state index in [-0.39, 0.29) is 23.8 Å². The molecule has 1 aliphatic rings. The third kappa shape index (κ3) is 4.75. The van der Waals surface area contributed by atoms with Crippen molar-refractivity contribution in [3.8, 4) is 0 Å². The van der Waals surface area contributed by atoms with Crippen LogP contribution in [-0.4, -0.2) is 49.9 Å². The molecule has 0 radical (unpaired) electrons. The smallest absolute Gasteiger partial charge is 0.306 e. The number of likely N-dealkylation sites (tertiary alicyclic amines) is 1. The maximum absolute atomic E-state index is 12.8. The molecule has 1 aromatic carbocycles. The van der Waals surface area contributed by atoms with Gasteiger partial charge in [-0.1, -0.05) is 0 Å². The topological polar surface area (TPSA) is 104 Å². The zero-order chi connectivity index (χ0) is 17.7. The number of carbonyl (C=O) groups is 2. The molecule has 0 bridgehead atoms. The molecule has 2 N–H and O–H groups in total. The Kier molecular flexibility index (Phi) is 5.89. The van der Waals surface area contributed by atoms with Crippen molar-refractivity contribution in [1.82, 2.24) is 9.62 Å². The van der Waals surface area contributed by atoms with E-state index in [1.165, 1.54) is 0 Å². The first-order chi connectivity index (χ1) is 11.3. The zero-order valence-corrected chi connectivity index (χ0v) is 13.8. The van der Waals surface area contributed by atoms with Crippen LogP contribution in [0.3, 0.4) is 0 Å². The molecule has 0 aromatic heterocycles. The van der Waals surface area contributed by atoms with Crippen LogP contribution in [0.4, 0.5) is 4.39 Å². The number of hydrogen-bond donors (Lipinski definition) is 2. The van der Waals surface area contributed by atoms with Gasteiger partial charge in [0, 0.05) is 26.1 Å². The summed E-state index contributed by atoms with van der Waals surface area (Å²) in [6, 6.07) is 4.39. The normalized spacial score (nSPS) is 16.1. The molecule has 24 heavy (non-hydrogen) atoms. The summed E-state index contributed by atoms with van der Waals surface area (Å²) in [6.07, 6.45) is 0.795. The molecule has 1 aromatic rings. The van der Waals surface area contributed by atoms with Crippen molar-refractivity contribution in [3.05, 3.63) is 30.1 Å². The average molecular weight is 358 g/mol. The van der Waals surface area contributed by atoms with E-state index in [9.17, 15) is 22.4 Å². The molecule has 0 spiro atoms. The van der Waals surface area contributed by atoms with Crippen LogP contribution in [0, 0.1) is 11.7 Å². The highest BCUT2D eigenvalue weighted by molar-refractivity contribution is 7.89. The Balaban J connectivity index is 1.80. The Hall–Kier alpha value is -2.00. The number of carboxylic acid groups (broad SMARTS) is 1. The SMILES string of the molecule is O=C(O)C1CCN(C(=O)CCNS(=O)(=O)c2ccc(F)cc2)CC1. The van der Waals surface area contributed by atoms with Crippen LogP contribution in [-0.2, 0) is 19.6 Å². The number of aliphatic carboxylic acids is 1. The largest absolute Gasteiger partial charge is 0.481 e. The highest BCUT2D eigenvalue weighted by Gasteiger charge is 2.26. The van der Waals surface area contributed by atoms with E-state index < -0.39 is 27.7 Å². The van der Waals surface area contributed by atoms with Crippen molar-refractivity contribution in [1.29, 1.82) is 0 Å². The fourth-order valence-corrected chi connectivity index (χ4v) is 3.56. The Bertz CT molecular complexity index is 697. The van der Waals surface area contributed by atoms with Crippen LogP contribution < -0.4 is 4.72 Å². The van der Waals surface area contributed by atoms with E-state index in [0.717, 1.165) is 24.3 Å². The number of rotatable bonds is 6. The van der Waals surface area contributed by atoms with Gasteiger partial charge in [0.25, 0.3) is 0 Å². The minimum absolute atomic E-state index is 0.0157. The van der Waals surface area contributed by atoms with Gasteiger partial charge < -0.3 is 10.0 Å². The minimum atomic E-state index is -3.79. The van der Waals surface area contributed by atoms with Crippen molar-refractivity contribution in [3.63, 3.8) is 0 Å². The Morgan fingerprint density at radius 1 is 1.21 bits per heavy atom. The number of amides is 1. The number of nitrogens with one attached hydrogen (secondary N) is 1. The van der Waals surface area contributed by atoms with Crippen LogP contribution in [0.1, 0.15) is 19.3 Å². The van der Waals surface area contributed by atoms with Gasteiger partial charge in [0.1, 0.15) is 5.82 Å². The van der Waals surface area contributed by atoms with E-state index >= 15 is 0 Å². The van der Waals surface area contributed by atoms with Gasteiger partial charge in [-0.05, 0) is 37.1 Å². The van der Waals surface area contributed by atoms with Gasteiger partial charge in [0.2, 0.25) is 15.9 Å². The van der Waals surface area contributed by atoms with Gasteiger partial charge in [-0.25, -0.2) is 17.5 Å². The third-order valence-electron chi connectivity index (χ3n) is 3.95. The minimum Gasteiger partial charge on any atom is -0.481 e. The molecular weight excluding hydrogens is 339 g/mol. The van der Waals surface area contributed by atoms with E-state index in [1.54, 1.807) is 4.90 Å². The fourth-order valence-electron chi connectivity index (χ4n) is 2.52. The van der Waals surface area contributed by atoms with E-state index in [2.05, 4.69) is 4.72 Å². The van der Waals surface area contributed by atoms with Crippen LogP contribution in [0.15, 0.2) is 29.2 Å². The highest BCUT2D eigenvalue weighted by Crippen LogP contribution is 2.17. The maximum atomic E-state index is 12.8. The number of carboxylic acids is 1. The monoisotopic (exact) mass is 358 g/mol. The van der Waals surface area contributed by atoms with Crippen LogP contribution >= 0.6 is 0 Å². The lowest BCUT2D eigenvalue weighted by Gasteiger charge is -2.30.